The van der Waals surface area contributed by atoms with Crippen LogP contribution in [0.15, 0.2) is 47.5 Å². The molecule has 0 fully saturated rings. The normalized spacial score (nSPS) is 11.3. The number of benzene rings is 1. The van der Waals surface area contributed by atoms with Crippen molar-refractivity contribution in [1.29, 1.82) is 0 Å². The standard InChI is InChI=1S/C19H12Cl3N3O2S/c1-10-3-2-4-24-16(10)25(9-14-8-23-19(22)28-14)18(27)15(17(24)26)11-5-12(20)7-13(21)6-11/h2-8H,9H2,1H3/p+1. The number of aryl methyl sites for hydroxylation is 1. The Morgan fingerprint density at radius 2 is 1.93 bits per heavy atom. The Morgan fingerprint density at radius 3 is 2.57 bits per heavy atom. The van der Waals surface area contributed by atoms with Crippen LogP contribution < -0.4 is 10.1 Å². The third kappa shape index (κ3) is 3.37. The Morgan fingerprint density at radius 1 is 1.21 bits per heavy atom. The van der Waals surface area contributed by atoms with Crippen LogP contribution in [0.2, 0.25) is 14.5 Å². The lowest BCUT2D eigenvalue weighted by Gasteiger charge is -2.10. The molecule has 3 heterocycles. The van der Waals surface area contributed by atoms with Crippen molar-refractivity contribution in [3.05, 3.63) is 78.0 Å². The maximum absolute atomic E-state index is 13.4. The molecule has 0 aliphatic rings. The molecule has 4 aromatic rings. The van der Waals surface area contributed by atoms with Crippen molar-refractivity contribution in [1.82, 2.24) is 9.38 Å². The second kappa shape index (κ2) is 7.37. The summed E-state index contributed by atoms with van der Waals surface area (Å²) in [6.07, 6.45) is 3.33. The average Bonchev–Trinajstić information content (AvgIpc) is 3.03. The van der Waals surface area contributed by atoms with Crippen LogP contribution in [0.3, 0.4) is 0 Å². The number of nitrogens with zero attached hydrogens (tertiary/aromatic N) is 3. The third-order valence-corrected chi connectivity index (χ3v) is 5.86. The van der Waals surface area contributed by atoms with Crippen LogP contribution in [0.4, 0.5) is 0 Å². The highest BCUT2D eigenvalue weighted by Crippen LogP contribution is 2.31. The van der Waals surface area contributed by atoms with Crippen LogP contribution in [0.5, 0.6) is 5.88 Å². The third-order valence-electron chi connectivity index (χ3n) is 4.32. The zero-order valence-corrected chi connectivity index (χ0v) is 17.6. The molecule has 1 N–H and O–H groups in total. The lowest BCUT2D eigenvalue weighted by molar-refractivity contribution is -0.679. The van der Waals surface area contributed by atoms with E-state index in [9.17, 15) is 9.90 Å². The van der Waals surface area contributed by atoms with E-state index < -0.39 is 0 Å². The number of aromatic hydroxyl groups is 1. The van der Waals surface area contributed by atoms with Crippen LogP contribution in [0.1, 0.15) is 10.4 Å². The molecule has 0 amide bonds. The molecular weight excluding hydrogens is 441 g/mol. The molecule has 4 rings (SSSR count). The van der Waals surface area contributed by atoms with E-state index >= 15 is 0 Å². The molecule has 0 saturated heterocycles. The first-order chi connectivity index (χ1) is 13.3. The van der Waals surface area contributed by atoms with Crippen molar-refractivity contribution in [3.63, 3.8) is 0 Å². The van der Waals surface area contributed by atoms with Crippen molar-refractivity contribution in [2.45, 2.75) is 13.5 Å². The average molecular weight is 454 g/mol. The summed E-state index contributed by atoms with van der Waals surface area (Å²) in [5, 5.41) is 11.7. The van der Waals surface area contributed by atoms with E-state index in [1.54, 1.807) is 45.6 Å². The molecule has 0 atom stereocenters. The van der Waals surface area contributed by atoms with Gasteiger partial charge in [0.05, 0.1) is 11.1 Å². The van der Waals surface area contributed by atoms with E-state index in [-0.39, 0.29) is 23.5 Å². The fourth-order valence-corrected chi connectivity index (χ4v) is 4.67. The molecular formula is C19H13Cl3N3O2S+. The summed E-state index contributed by atoms with van der Waals surface area (Å²) in [6.45, 7) is 2.14. The zero-order valence-electron chi connectivity index (χ0n) is 14.5. The molecule has 3 aromatic heterocycles. The van der Waals surface area contributed by atoms with Gasteiger partial charge in [0.25, 0.3) is 5.65 Å². The Kier molecular flexibility index (Phi) is 5.05. The minimum atomic E-state index is -0.366. The number of pyridine rings is 1. The molecule has 0 aliphatic heterocycles. The smallest absolute Gasteiger partial charge is 0.349 e. The van der Waals surface area contributed by atoms with E-state index in [1.165, 1.54) is 11.3 Å². The Bertz CT molecular complexity index is 1260. The number of aromatic nitrogens is 3. The number of hydrogen-bond donors (Lipinski definition) is 1. The highest BCUT2D eigenvalue weighted by molar-refractivity contribution is 7.15. The van der Waals surface area contributed by atoms with Gasteiger partial charge in [0.2, 0.25) is 0 Å². The largest absolute Gasteiger partial charge is 0.477 e. The van der Waals surface area contributed by atoms with E-state index in [0.29, 0.717) is 25.7 Å². The van der Waals surface area contributed by atoms with Gasteiger partial charge >= 0.3 is 11.4 Å². The van der Waals surface area contributed by atoms with Crippen LogP contribution in [-0.4, -0.2) is 14.5 Å². The number of fused-ring (bicyclic) bond motifs is 1. The molecule has 0 spiro atoms. The van der Waals surface area contributed by atoms with Gasteiger partial charge in [-0.1, -0.05) is 34.8 Å². The molecule has 0 unspecified atom stereocenters. The summed E-state index contributed by atoms with van der Waals surface area (Å²) in [7, 11) is 0. The van der Waals surface area contributed by atoms with E-state index in [2.05, 4.69) is 4.98 Å². The summed E-state index contributed by atoms with van der Waals surface area (Å²) in [5.74, 6) is -0.180. The van der Waals surface area contributed by atoms with Gasteiger partial charge in [-0.2, -0.15) is 8.97 Å². The summed E-state index contributed by atoms with van der Waals surface area (Å²) >= 11 is 19.5. The van der Waals surface area contributed by atoms with Gasteiger partial charge in [0.1, 0.15) is 6.54 Å². The first-order valence-corrected chi connectivity index (χ1v) is 10.1. The van der Waals surface area contributed by atoms with Gasteiger partial charge in [-0.3, -0.25) is 0 Å². The van der Waals surface area contributed by atoms with Crippen molar-refractivity contribution < 1.29 is 9.67 Å². The van der Waals surface area contributed by atoms with Gasteiger partial charge in [0, 0.05) is 27.4 Å². The Labute approximate surface area is 179 Å². The first-order valence-electron chi connectivity index (χ1n) is 8.18. The molecule has 0 bridgehead atoms. The predicted octanol–water partition coefficient (Wildman–Crippen LogP) is 4.73. The fraction of sp³-hybridized carbons (Fsp3) is 0.105. The minimum Gasteiger partial charge on any atom is -0.477 e. The maximum Gasteiger partial charge on any atom is 0.349 e. The van der Waals surface area contributed by atoms with Gasteiger partial charge in [-0.15, -0.1) is 11.3 Å². The summed E-state index contributed by atoms with van der Waals surface area (Å²) in [5.41, 5.74) is 1.59. The second-order valence-electron chi connectivity index (χ2n) is 6.21. The molecule has 0 saturated carbocycles. The lowest BCUT2D eigenvalue weighted by Crippen LogP contribution is -2.52. The topological polar surface area (TPSA) is 58.5 Å². The maximum atomic E-state index is 13.4. The van der Waals surface area contributed by atoms with Crippen molar-refractivity contribution in [2.24, 2.45) is 0 Å². The summed E-state index contributed by atoms with van der Waals surface area (Å²) in [6, 6.07) is 8.44. The molecule has 0 radical (unpaired) electrons. The fourth-order valence-electron chi connectivity index (χ4n) is 3.18. The van der Waals surface area contributed by atoms with Gasteiger partial charge in [-0.25, -0.2) is 9.78 Å². The van der Waals surface area contributed by atoms with Crippen LogP contribution in [0, 0.1) is 6.92 Å². The van der Waals surface area contributed by atoms with Crippen molar-refractivity contribution in [3.8, 4) is 17.0 Å². The van der Waals surface area contributed by atoms with Gasteiger partial charge in [-0.05, 0) is 37.3 Å². The van der Waals surface area contributed by atoms with Crippen molar-refractivity contribution in [2.75, 3.05) is 0 Å². The molecule has 9 heteroatoms. The highest BCUT2D eigenvalue weighted by atomic mass is 35.5. The lowest BCUT2D eigenvalue weighted by atomic mass is 10.1. The highest BCUT2D eigenvalue weighted by Gasteiger charge is 2.27. The SMILES string of the molecule is Cc1cccn2c(O)c(-c3cc(Cl)cc(Cl)c3)c(=O)[n+](Cc3cnc(Cl)s3)c12. The summed E-state index contributed by atoms with van der Waals surface area (Å²) in [4.78, 5) is 18.3. The molecule has 1 aromatic carbocycles. The number of rotatable bonds is 3. The van der Waals surface area contributed by atoms with Gasteiger partial charge in [0.15, 0.2) is 10.0 Å². The quantitative estimate of drug-likeness (QED) is 0.456. The molecule has 142 valence electrons. The van der Waals surface area contributed by atoms with E-state index in [1.807, 2.05) is 13.0 Å². The molecule has 28 heavy (non-hydrogen) atoms. The second-order valence-corrected chi connectivity index (χ2v) is 8.78. The van der Waals surface area contributed by atoms with Gasteiger partial charge < -0.3 is 5.11 Å². The monoisotopic (exact) mass is 452 g/mol. The minimum absolute atomic E-state index is 0.114. The Hall–Kier alpha value is -2.12. The number of hydrogen-bond acceptors (Lipinski definition) is 4. The summed E-state index contributed by atoms with van der Waals surface area (Å²) < 4.78 is 3.56. The van der Waals surface area contributed by atoms with Crippen LogP contribution >= 0.6 is 46.1 Å². The van der Waals surface area contributed by atoms with Crippen LogP contribution in [0.25, 0.3) is 16.8 Å². The predicted molar refractivity (Wildman–Crippen MR) is 112 cm³/mol. The van der Waals surface area contributed by atoms with E-state index in [0.717, 1.165) is 10.4 Å². The molecule has 0 aliphatic carbocycles. The van der Waals surface area contributed by atoms with E-state index in [4.69, 9.17) is 34.8 Å². The number of halogens is 3. The van der Waals surface area contributed by atoms with Crippen molar-refractivity contribution >= 4 is 51.8 Å². The Balaban J connectivity index is 2.08. The number of thiazole rings is 1. The van der Waals surface area contributed by atoms with Crippen LogP contribution in [-0.2, 0) is 6.54 Å². The first kappa shape index (κ1) is 19.2. The molecule has 5 nitrogen and oxygen atoms in total. The zero-order chi connectivity index (χ0) is 20.0.